The van der Waals surface area contributed by atoms with E-state index in [2.05, 4.69) is 42.5 Å². The number of hydrogen-bond donors (Lipinski definition) is 2. The third-order valence-corrected chi connectivity index (χ3v) is 4.57. The summed E-state index contributed by atoms with van der Waals surface area (Å²) >= 11 is 1.69. The van der Waals surface area contributed by atoms with Crippen molar-refractivity contribution < 1.29 is 0 Å². The zero-order valence-corrected chi connectivity index (χ0v) is 13.8. The second-order valence-corrected chi connectivity index (χ2v) is 6.24. The second-order valence-electron chi connectivity index (χ2n) is 5.29. The predicted molar refractivity (Wildman–Crippen MR) is 93.1 cm³/mol. The van der Waals surface area contributed by atoms with E-state index in [9.17, 15) is 0 Å². The van der Waals surface area contributed by atoms with Crippen molar-refractivity contribution in [1.29, 1.82) is 0 Å². The molecule has 0 saturated heterocycles. The topological polar surface area (TPSA) is 84.3 Å². The quantitative estimate of drug-likeness (QED) is 0.585. The summed E-state index contributed by atoms with van der Waals surface area (Å²) in [7, 11) is 0. The molecule has 0 aliphatic heterocycles. The Morgan fingerprint density at radius 1 is 1.25 bits per heavy atom. The molecule has 8 heteroatoms. The fourth-order valence-electron chi connectivity index (χ4n) is 2.49. The Labute approximate surface area is 142 Å². The van der Waals surface area contributed by atoms with Crippen LogP contribution in [0.4, 0.5) is 5.69 Å². The number of aromatic nitrogens is 6. The molecule has 2 N–H and O–H groups in total. The molecule has 120 valence electrons. The van der Waals surface area contributed by atoms with Gasteiger partial charge in [0.05, 0.1) is 22.5 Å². The van der Waals surface area contributed by atoms with Gasteiger partial charge in [0, 0.05) is 17.8 Å². The maximum atomic E-state index is 4.17. The minimum atomic E-state index is 0.682. The molecule has 24 heavy (non-hydrogen) atoms. The van der Waals surface area contributed by atoms with Crippen molar-refractivity contribution in [2.45, 2.75) is 13.5 Å². The summed E-state index contributed by atoms with van der Waals surface area (Å²) in [5, 5.41) is 24.3. The summed E-state index contributed by atoms with van der Waals surface area (Å²) in [5.74, 6) is 0.752. The lowest BCUT2D eigenvalue weighted by Gasteiger charge is -2.08. The van der Waals surface area contributed by atoms with E-state index in [4.69, 9.17) is 0 Å². The highest BCUT2D eigenvalue weighted by molar-refractivity contribution is 7.13. The molecule has 0 fully saturated rings. The third kappa shape index (κ3) is 2.79. The van der Waals surface area contributed by atoms with Crippen LogP contribution in [0.2, 0.25) is 0 Å². The van der Waals surface area contributed by atoms with Gasteiger partial charge in [-0.3, -0.25) is 5.10 Å². The van der Waals surface area contributed by atoms with Gasteiger partial charge < -0.3 is 5.32 Å². The Bertz CT molecular complexity index is 939. The minimum absolute atomic E-state index is 0.682. The molecule has 7 nitrogen and oxygen atoms in total. The number of nitrogens with zero attached hydrogens (tertiary/aromatic N) is 5. The predicted octanol–water partition coefficient (Wildman–Crippen LogP) is 3.03. The number of nitrogens with one attached hydrogen (secondary N) is 2. The monoisotopic (exact) mass is 337 g/mol. The molecule has 4 aromatic rings. The lowest BCUT2D eigenvalue weighted by molar-refractivity contribution is 0.779. The summed E-state index contributed by atoms with van der Waals surface area (Å²) < 4.78 is 1.71. The molecule has 0 amide bonds. The van der Waals surface area contributed by atoms with Crippen LogP contribution in [0.5, 0.6) is 0 Å². The number of hydrogen-bond acceptors (Lipinski definition) is 6. The maximum absolute atomic E-state index is 4.17. The van der Waals surface area contributed by atoms with E-state index in [-0.39, 0.29) is 0 Å². The van der Waals surface area contributed by atoms with Crippen molar-refractivity contribution in [3.8, 4) is 16.3 Å². The van der Waals surface area contributed by atoms with Crippen LogP contribution in [0.25, 0.3) is 16.3 Å². The normalized spacial score (nSPS) is 10.9. The number of thiophene rings is 1. The van der Waals surface area contributed by atoms with Crippen molar-refractivity contribution in [1.82, 2.24) is 30.4 Å². The molecular formula is C16H15N7S. The van der Waals surface area contributed by atoms with Crippen LogP contribution < -0.4 is 5.32 Å². The highest BCUT2D eigenvalue weighted by Crippen LogP contribution is 2.26. The summed E-state index contributed by atoms with van der Waals surface area (Å²) in [4.78, 5) is 1.18. The smallest absolute Gasteiger partial charge is 0.153 e. The van der Waals surface area contributed by atoms with Gasteiger partial charge in [-0.2, -0.15) is 9.78 Å². The Hall–Kier alpha value is -3.00. The Morgan fingerprint density at radius 3 is 3.00 bits per heavy atom. The van der Waals surface area contributed by atoms with Gasteiger partial charge in [0.25, 0.3) is 0 Å². The van der Waals surface area contributed by atoms with Crippen molar-refractivity contribution >= 4 is 17.0 Å². The number of anilines is 1. The first-order valence-electron chi connectivity index (χ1n) is 7.46. The van der Waals surface area contributed by atoms with Gasteiger partial charge in [0.1, 0.15) is 0 Å². The molecule has 0 unspecified atom stereocenters. The van der Waals surface area contributed by atoms with Gasteiger partial charge in [0.15, 0.2) is 5.82 Å². The average molecular weight is 337 g/mol. The van der Waals surface area contributed by atoms with Gasteiger partial charge in [-0.05, 0) is 47.0 Å². The highest BCUT2D eigenvalue weighted by Gasteiger charge is 2.09. The molecule has 1 aromatic carbocycles. The van der Waals surface area contributed by atoms with Crippen LogP contribution >= 0.6 is 11.3 Å². The van der Waals surface area contributed by atoms with Gasteiger partial charge in [-0.25, -0.2) is 0 Å². The second kappa shape index (κ2) is 6.25. The lowest BCUT2D eigenvalue weighted by Crippen LogP contribution is -2.03. The SMILES string of the molecule is Cc1nnnn1-c1cccc(NCc2cn[nH]c2-c2cccs2)c1. The molecule has 0 saturated carbocycles. The molecule has 0 radical (unpaired) electrons. The molecule has 0 bridgehead atoms. The fourth-order valence-corrected chi connectivity index (χ4v) is 3.25. The van der Waals surface area contributed by atoms with E-state index >= 15 is 0 Å². The molecule has 0 spiro atoms. The molecule has 4 rings (SSSR count). The Morgan fingerprint density at radius 2 is 2.21 bits per heavy atom. The molecule has 0 aliphatic rings. The summed E-state index contributed by atoms with van der Waals surface area (Å²) in [6.45, 7) is 2.56. The average Bonchev–Trinajstić information content (AvgIpc) is 3.34. The van der Waals surface area contributed by atoms with E-state index in [0.29, 0.717) is 6.54 Å². The number of benzene rings is 1. The number of tetrazole rings is 1. The zero-order valence-electron chi connectivity index (χ0n) is 13.0. The van der Waals surface area contributed by atoms with Crippen LogP contribution in [0.1, 0.15) is 11.4 Å². The van der Waals surface area contributed by atoms with Crippen LogP contribution in [-0.4, -0.2) is 30.4 Å². The molecule has 3 aromatic heterocycles. The minimum Gasteiger partial charge on any atom is -0.381 e. The van der Waals surface area contributed by atoms with Gasteiger partial charge in [0.2, 0.25) is 0 Å². The van der Waals surface area contributed by atoms with Crippen molar-refractivity contribution in [2.24, 2.45) is 0 Å². The van der Waals surface area contributed by atoms with E-state index < -0.39 is 0 Å². The Kier molecular flexibility index (Phi) is 3.80. The van der Waals surface area contributed by atoms with E-state index in [1.807, 2.05) is 43.5 Å². The summed E-state index contributed by atoms with van der Waals surface area (Å²) in [5.41, 5.74) is 4.11. The van der Waals surface area contributed by atoms with Gasteiger partial charge in [-0.1, -0.05) is 12.1 Å². The molecular weight excluding hydrogens is 322 g/mol. The third-order valence-electron chi connectivity index (χ3n) is 3.68. The van der Waals surface area contributed by atoms with E-state index in [1.54, 1.807) is 16.0 Å². The largest absolute Gasteiger partial charge is 0.381 e. The van der Waals surface area contributed by atoms with Crippen LogP contribution in [-0.2, 0) is 6.54 Å². The first-order valence-corrected chi connectivity index (χ1v) is 8.34. The van der Waals surface area contributed by atoms with E-state index in [1.165, 1.54) is 4.88 Å². The van der Waals surface area contributed by atoms with Crippen molar-refractivity contribution in [3.05, 3.63) is 59.4 Å². The summed E-state index contributed by atoms with van der Waals surface area (Å²) in [6, 6.07) is 12.1. The van der Waals surface area contributed by atoms with E-state index in [0.717, 1.165) is 28.5 Å². The first-order chi connectivity index (χ1) is 11.8. The van der Waals surface area contributed by atoms with Crippen LogP contribution in [0, 0.1) is 6.92 Å². The number of aromatic amines is 1. The van der Waals surface area contributed by atoms with Crippen LogP contribution in [0.15, 0.2) is 48.0 Å². The van der Waals surface area contributed by atoms with Gasteiger partial charge in [-0.15, -0.1) is 16.4 Å². The molecule has 0 aliphatic carbocycles. The zero-order chi connectivity index (χ0) is 16.4. The van der Waals surface area contributed by atoms with Crippen molar-refractivity contribution in [2.75, 3.05) is 5.32 Å². The first kappa shape index (κ1) is 14.6. The van der Waals surface area contributed by atoms with Crippen molar-refractivity contribution in [3.63, 3.8) is 0 Å². The standard InChI is InChI=1S/C16H15N7S/c1-11-19-21-22-23(11)14-5-2-4-13(8-14)17-9-12-10-18-20-16(12)15-6-3-7-24-15/h2-8,10,17H,9H2,1H3,(H,18,20). The lowest BCUT2D eigenvalue weighted by atomic mass is 10.2. The van der Waals surface area contributed by atoms with Gasteiger partial charge >= 0.3 is 0 Å². The van der Waals surface area contributed by atoms with Crippen LogP contribution in [0.3, 0.4) is 0 Å². The number of H-pyrrole nitrogens is 1. The number of rotatable bonds is 5. The summed E-state index contributed by atoms with van der Waals surface area (Å²) in [6.07, 6.45) is 1.86. The Balaban J connectivity index is 1.53. The maximum Gasteiger partial charge on any atom is 0.153 e. The fraction of sp³-hybridized carbons (Fsp3) is 0.125. The highest BCUT2D eigenvalue weighted by atomic mass is 32.1. The number of aryl methyl sites for hydroxylation is 1. The molecule has 0 atom stereocenters. The molecule has 3 heterocycles.